The number of anilines is 1. The maximum Gasteiger partial charge on any atom is 0.335 e. The highest BCUT2D eigenvalue weighted by atomic mass is 127. The zero-order chi connectivity index (χ0) is 22.7. The lowest BCUT2D eigenvalue weighted by molar-refractivity contribution is -0.122. The van der Waals surface area contributed by atoms with E-state index >= 15 is 0 Å². The summed E-state index contributed by atoms with van der Waals surface area (Å²) in [6.45, 7) is 3.72. The predicted octanol–water partition coefficient (Wildman–Crippen LogP) is 3.60. The number of urea groups is 1. The second-order valence-electron chi connectivity index (χ2n) is 6.77. The van der Waals surface area contributed by atoms with Gasteiger partial charge in [0.05, 0.1) is 16.4 Å². The highest BCUT2D eigenvalue weighted by Crippen LogP contribution is 2.35. The van der Waals surface area contributed by atoms with Gasteiger partial charge < -0.3 is 9.47 Å². The lowest BCUT2D eigenvalue weighted by atomic mass is 10.0. The van der Waals surface area contributed by atoms with Crippen LogP contribution in [0.3, 0.4) is 0 Å². The number of methoxy groups -OCH3 is 1. The minimum absolute atomic E-state index is 0.0700. The zero-order valence-corrected chi connectivity index (χ0v) is 19.3. The molecular weight excluding hydrogens is 511 g/mol. The second kappa shape index (κ2) is 9.22. The molecule has 4 amide bonds. The molecule has 8 heteroatoms. The summed E-state index contributed by atoms with van der Waals surface area (Å²) in [6, 6.07) is 7.98. The summed E-state index contributed by atoms with van der Waals surface area (Å²) in [5.41, 5.74) is 2.39. The van der Waals surface area contributed by atoms with Crippen LogP contribution in [-0.2, 0) is 9.59 Å². The third-order valence-corrected chi connectivity index (χ3v) is 5.37. The van der Waals surface area contributed by atoms with Crippen molar-refractivity contribution in [1.29, 1.82) is 0 Å². The Bertz CT molecular complexity index is 1160. The van der Waals surface area contributed by atoms with Gasteiger partial charge >= 0.3 is 6.03 Å². The normalized spacial score (nSPS) is 15.0. The molecule has 158 valence electrons. The molecule has 0 aromatic heterocycles. The Balaban J connectivity index is 2.05. The average Bonchev–Trinajstić information content (AvgIpc) is 2.72. The van der Waals surface area contributed by atoms with Crippen molar-refractivity contribution in [1.82, 2.24) is 5.32 Å². The summed E-state index contributed by atoms with van der Waals surface area (Å²) in [5, 5.41) is 2.24. The van der Waals surface area contributed by atoms with Crippen molar-refractivity contribution in [3.05, 3.63) is 56.2 Å². The number of terminal acetylenes is 1. The number of ether oxygens (including phenoxy) is 2. The Morgan fingerprint density at radius 2 is 1.94 bits per heavy atom. The first-order chi connectivity index (χ1) is 14.8. The smallest absolute Gasteiger partial charge is 0.335 e. The van der Waals surface area contributed by atoms with Crippen molar-refractivity contribution in [3.63, 3.8) is 0 Å². The number of rotatable bonds is 5. The van der Waals surface area contributed by atoms with Crippen LogP contribution < -0.4 is 19.7 Å². The number of aryl methyl sites for hydroxylation is 2. The van der Waals surface area contributed by atoms with Gasteiger partial charge in [0.1, 0.15) is 12.2 Å². The van der Waals surface area contributed by atoms with E-state index < -0.39 is 17.8 Å². The second-order valence-corrected chi connectivity index (χ2v) is 7.94. The van der Waals surface area contributed by atoms with E-state index in [1.54, 1.807) is 25.1 Å². The molecule has 1 heterocycles. The minimum Gasteiger partial charge on any atom is -0.493 e. The fourth-order valence-corrected chi connectivity index (χ4v) is 3.86. The van der Waals surface area contributed by atoms with Crippen LogP contribution in [0.25, 0.3) is 6.08 Å². The Hall–Kier alpha value is -3.32. The number of hydrogen-bond donors (Lipinski definition) is 1. The first-order valence-electron chi connectivity index (χ1n) is 9.19. The summed E-state index contributed by atoms with van der Waals surface area (Å²) in [6.07, 6.45) is 6.67. The van der Waals surface area contributed by atoms with Gasteiger partial charge in [-0.25, -0.2) is 9.69 Å². The summed E-state index contributed by atoms with van der Waals surface area (Å²) in [4.78, 5) is 39.1. The van der Waals surface area contributed by atoms with Crippen LogP contribution in [0, 0.1) is 29.8 Å². The van der Waals surface area contributed by atoms with E-state index in [9.17, 15) is 14.4 Å². The molecule has 0 saturated carbocycles. The standard InChI is InChI=1S/C23H19IN2O5/c1-5-8-31-20-17(24)11-15(12-19(20)30-4)10-16-21(27)25-23(29)26(22(16)28)18-9-13(2)6-7-14(18)3/h1,6-7,9-12H,8H2,2-4H3,(H,25,27,29)/b16-10+. The van der Waals surface area contributed by atoms with Gasteiger partial charge in [-0.1, -0.05) is 18.1 Å². The van der Waals surface area contributed by atoms with Gasteiger partial charge in [-0.2, -0.15) is 0 Å². The average molecular weight is 530 g/mol. The number of nitrogens with one attached hydrogen (secondary N) is 1. The monoisotopic (exact) mass is 530 g/mol. The minimum atomic E-state index is -0.786. The van der Waals surface area contributed by atoms with Gasteiger partial charge in [-0.15, -0.1) is 6.42 Å². The molecule has 7 nitrogen and oxygen atoms in total. The number of benzene rings is 2. The summed E-state index contributed by atoms with van der Waals surface area (Å²) in [7, 11) is 1.48. The number of nitrogens with zero attached hydrogens (tertiary/aromatic N) is 1. The van der Waals surface area contributed by atoms with Crippen molar-refractivity contribution < 1.29 is 23.9 Å². The van der Waals surface area contributed by atoms with E-state index in [2.05, 4.69) is 33.8 Å². The predicted molar refractivity (Wildman–Crippen MR) is 125 cm³/mol. The Labute approximate surface area is 193 Å². The number of carbonyl (C=O) groups excluding carboxylic acids is 3. The van der Waals surface area contributed by atoms with E-state index in [1.165, 1.54) is 13.2 Å². The lowest BCUT2D eigenvalue weighted by Gasteiger charge is -2.27. The number of imide groups is 2. The van der Waals surface area contributed by atoms with Gasteiger partial charge in [0.25, 0.3) is 11.8 Å². The molecule has 1 aliphatic rings. The number of hydrogen-bond acceptors (Lipinski definition) is 5. The van der Waals surface area contributed by atoms with Gasteiger partial charge in [0.15, 0.2) is 11.5 Å². The van der Waals surface area contributed by atoms with Crippen LogP contribution in [0.2, 0.25) is 0 Å². The van der Waals surface area contributed by atoms with Crippen LogP contribution in [0.4, 0.5) is 10.5 Å². The van der Waals surface area contributed by atoms with E-state index in [-0.39, 0.29) is 12.2 Å². The lowest BCUT2D eigenvalue weighted by Crippen LogP contribution is -2.54. The first kappa shape index (κ1) is 22.4. The van der Waals surface area contributed by atoms with Crippen LogP contribution in [0.1, 0.15) is 16.7 Å². The summed E-state index contributed by atoms with van der Waals surface area (Å²) in [5.74, 6) is 1.79. The van der Waals surface area contributed by atoms with E-state index in [4.69, 9.17) is 15.9 Å². The maximum absolute atomic E-state index is 13.2. The van der Waals surface area contributed by atoms with Gasteiger partial charge in [0, 0.05) is 0 Å². The van der Waals surface area contributed by atoms with Crippen molar-refractivity contribution in [2.24, 2.45) is 0 Å². The van der Waals surface area contributed by atoms with Crippen molar-refractivity contribution in [2.75, 3.05) is 18.6 Å². The maximum atomic E-state index is 13.2. The number of amides is 4. The highest BCUT2D eigenvalue weighted by molar-refractivity contribution is 14.1. The summed E-state index contributed by atoms with van der Waals surface area (Å²) < 4.78 is 11.6. The van der Waals surface area contributed by atoms with Crippen molar-refractivity contribution in [2.45, 2.75) is 13.8 Å². The molecular formula is C23H19IN2O5. The Kier molecular flexibility index (Phi) is 6.65. The third-order valence-electron chi connectivity index (χ3n) is 4.57. The van der Waals surface area contributed by atoms with Gasteiger partial charge in [-0.05, 0) is 77.4 Å². The van der Waals surface area contributed by atoms with E-state index in [1.807, 2.05) is 19.1 Å². The Morgan fingerprint density at radius 3 is 2.61 bits per heavy atom. The molecule has 1 fully saturated rings. The van der Waals surface area contributed by atoms with Crippen LogP contribution in [0.5, 0.6) is 11.5 Å². The number of carbonyl (C=O) groups is 3. The molecule has 1 aliphatic heterocycles. The fourth-order valence-electron chi connectivity index (χ4n) is 3.08. The van der Waals surface area contributed by atoms with E-state index in [0.717, 1.165) is 16.0 Å². The molecule has 0 aliphatic carbocycles. The van der Waals surface area contributed by atoms with Gasteiger partial charge in [-0.3, -0.25) is 14.9 Å². The molecule has 1 saturated heterocycles. The molecule has 0 unspecified atom stereocenters. The Morgan fingerprint density at radius 1 is 1.19 bits per heavy atom. The molecule has 0 atom stereocenters. The molecule has 0 radical (unpaired) electrons. The molecule has 3 rings (SSSR count). The van der Waals surface area contributed by atoms with Gasteiger partial charge in [0.2, 0.25) is 0 Å². The molecule has 31 heavy (non-hydrogen) atoms. The summed E-state index contributed by atoms with van der Waals surface area (Å²) >= 11 is 2.05. The molecule has 2 aromatic carbocycles. The molecule has 2 aromatic rings. The third kappa shape index (κ3) is 4.56. The topological polar surface area (TPSA) is 84.9 Å². The zero-order valence-electron chi connectivity index (χ0n) is 17.1. The van der Waals surface area contributed by atoms with Crippen LogP contribution in [0.15, 0.2) is 35.9 Å². The molecule has 0 bridgehead atoms. The van der Waals surface area contributed by atoms with Crippen LogP contribution in [-0.4, -0.2) is 31.6 Å². The molecule has 0 spiro atoms. The SMILES string of the molecule is C#CCOc1c(I)cc(/C=C2\C(=O)NC(=O)N(c3cc(C)ccc3C)C2=O)cc1OC. The van der Waals surface area contributed by atoms with Crippen molar-refractivity contribution in [3.8, 4) is 23.8 Å². The number of barbiturate groups is 1. The van der Waals surface area contributed by atoms with E-state index in [0.29, 0.717) is 26.3 Å². The molecule has 1 N–H and O–H groups in total. The highest BCUT2D eigenvalue weighted by Gasteiger charge is 2.37. The van der Waals surface area contributed by atoms with Crippen molar-refractivity contribution >= 4 is 52.2 Å². The largest absolute Gasteiger partial charge is 0.493 e. The quantitative estimate of drug-likeness (QED) is 0.277. The number of halogens is 1. The fraction of sp³-hybridized carbons (Fsp3) is 0.174. The van der Waals surface area contributed by atoms with Crippen LogP contribution >= 0.6 is 22.6 Å². The first-order valence-corrected chi connectivity index (χ1v) is 10.3.